The highest BCUT2D eigenvalue weighted by Crippen LogP contribution is 2.31. The Morgan fingerprint density at radius 3 is 2.23 bits per heavy atom. The minimum atomic E-state index is -0.612. The molecule has 0 N–H and O–H groups in total. The first-order valence-corrected chi connectivity index (χ1v) is 8.87. The van der Waals surface area contributed by atoms with Crippen molar-refractivity contribution in [3.63, 3.8) is 0 Å². The molecule has 7 heteroatoms. The number of benzene rings is 1. The summed E-state index contributed by atoms with van der Waals surface area (Å²) in [7, 11) is 0. The second-order valence-corrected chi connectivity index (χ2v) is 5.89. The lowest BCUT2D eigenvalue weighted by atomic mass is 10.1. The van der Waals surface area contributed by atoms with Gasteiger partial charge < -0.3 is 19.1 Å². The van der Waals surface area contributed by atoms with Gasteiger partial charge in [-0.2, -0.15) is 0 Å². The van der Waals surface area contributed by atoms with Crippen molar-refractivity contribution in [2.24, 2.45) is 0 Å². The number of hydrogen-bond acceptors (Lipinski definition) is 5. The maximum atomic E-state index is 14.3. The molecule has 26 heavy (non-hydrogen) atoms. The summed E-state index contributed by atoms with van der Waals surface area (Å²) in [5.41, 5.74) is 0.154. The molecule has 1 aromatic carbocycles. The number of carbonyl (C=O) groups excluding carboxylic acids is 2. The van der Waals surface area contributed by atoms with Gasteiger partial charge >= 0.3 is 5.97 Å². The minimum absolute atomic E-state index is 0.130. The lowest BCUT2D eigenvalue weighted by Gasteiger charge is -2.19. The molecule has 1 aromatic rings. The van der Waals surface area contributed by atoms with Crippen LogP contribution in [0.2, 0.25) is 0 Å². The average molecular weight is 369 g/mol. The van der Waals surface area contributed by atoms with Crippen LogP contribution in [-0.2, 0) is 20.7 Å². The first kappa shape index (κ1) is 21.7. The van der Waals surface area contributed by atoms with Crippen molar-refractivity contribution in [1.82, 2.24) is 4.90 Å². The van der Waals surface area contributed by atoms with E-state index < -0.39 is 11.8 Å². The number of halogens is 1. The van der Waals surface area contributed by atoms with E-state index in [1.54, 1.807) is 25.7 Å². The fraction of sp³-hybridized carbons (Fsp3) is 0.579. The first-order chi connectivity index (χ1) is 12.3. The van der Waals surface area contributed by atoms with Crippen LogP contribution in [-0.4, -0.2) is 49.2 Å². The van der Waals surface area contributed by atoms with Gasteiger partial charge in [-0.25, -0.2) is 4.39 Å². The predicted octanol–water partition coefficient (Wildman–Crippen LogP) is 2.97. The molecule has 0 aliphatic heterocycles. The van der Waals surface area contributed by atoms with Crippen molar-refractivity contribution in [3.05, 3.63) is 23.5 Å². The molecule has 0 aromatic heterocycles. The van der Waals surface area contributed by atoms with Crippen molar-refractivity contribution >= 4 is 11.9 Å². The Morgan fingerprint density at radius 2 is 1.69 bits per heavy atom. The molecule has 0 fully saturated rings. The van der Waals surface area contributed by atoms with E-state index in [-0.39, 0.29) is 42.1 Å². The molecular formula is C19H28FNO5. The molecular weight excluding hydrogens is 341 g/mol. The number of ether oxygens (including phenoxy) is 3. The van der Waals surface area contributed by atoms with E-state index >= 15 is 0 Å². The third kappa shape index (κ3) is 6.54. The van der Waals surface area contributed by atoms with Crippen LogP contribution in [0.1, 0.15) is 40.2 Å². The lowest BCUT2D eigenvalue weighted by Crippen LogP contribution is -2.34. The van der Waals surface area contributed by atoms with E-state index in [9.17, 15) is 14.0 Å². The van der Waals surface area contributed by atoms with Gasteiger partial charge in [0.2, 0.25) is 0 Å². The van der Waals surface area contributed by atoms with E-state index in [1.807, 2.05) is 13.8 Å². The van der Waals surface area contributed by atoms with Crippen LogP contribution in [0.4, 0.5) is 4.39 Å². The SMILES string of the molecule is CCOc1cc(CC(=O)OC(C)C)c(F)cc1OCC(=O)N(CC)CC. The summed E-state index contributed by atoms with van der Waals surface area (Å²) in [6.07, 6.45) is -0.478. The quantitative estimate of drug-likeness (QED) is 0.593. The molecule has 6 nitrogen and oxygen atoms in total. The second kappa shape index (κ2) is 10.6. The largest absolute Gasteiger partial charge is 0.490 e. The third-order valence-electron chi connectivity index (χ3n) is 3.58. The van der Waals surface area contributed by atoms with E-state index in [2.05, 4.69) is 0 Å². The number of likely N-dealkylation sites (N-methyl/N-ethyl adjacent to an activating group) is 1. The first-order valence-electron chi connectivity index (χ1n) is 8.87. The van der Waals surface area contributed by atoms with Gasteiger partial charge in [-0.15, -0.1) is 0 Å². The van der Waals surface area contributed by atoms with Gasteiger partial charge in [0, 0.05) is 24.7 Å². The summed E-state index contributed by atoms with van der Waals surface area (Å²) >= 11 is 0. The molecule has 0 spiro atoms. The predicted molar refractivity (Wildman–Crippen MR) is 95.9 cm³/mol. The molecule has 0 heterocycles. The van der Waals surface area contributed by atoms with Crippen LogP contribution >= 0.6 is 0 Å². The van der Waals surface area contributed by atoms with Crippen molar-refractivity contribution in [2.45, 2.75) is 47.1 Å². The van der Waals surface area contributed by atoms with Gasteiger partial charge in [0.1, 0.15) is 5.82 Å². The van der Waals surface area contributed by atoms with Crippen LogP contribution in [0.5, 0.6) is 11.5 Å². The van der Waals surface area contributed by atoms with Crippen molar-refractivity contribution in [2.75, 3.05) is 26.3 Å². The molecule has 1 rings (SSSR count). The standard InChI is InChI=1S/C19H28FNO5/c1-6-21(7-2)18(22)12-25-17-11-15(20)14(9-16(17)24-8-3)10-19(23)26-13(4)5/h9,11,13H,6-8,10,12H2,1-5H3. The van der Waals surface area contributed by atoms with Crippen LogP contribution in [0, 0.1) is 5.82 Å². The number of esters is 1. The van der Waals surface area contributed by atoms with Crippen molar-refractivity contribution in [1.29, 1.82) is 0 Å². The molecule has 0 saturated heterocycles. The zero-order valence-electron chi connectivity index (χ0n) is 16.1. The number of hydrogen-bond donors (Lipinski definition) is 0. The van der Waals surface area contributed by atoms with Crippen molar-refractivity contribution < 1.29 is 28.2 Å². The van der Waals surface area contributed by atoms with Gasteiger partial charge in [-0.05, 0) is 40.7 Å². The Balaban J connectivity index is 2.94. The summed E-state index contributed by atoms with van der Waals surface area (Å²) in [4.78, 5) is 25.4. The highest BCUT2D eigenvalue weighted by molar-refractivity contribution is 5.78. The van der Waals surface area contributed by atoms with E-state index in [0.29, 0.717) is 19.7 Å². The van der Waals surface area contributed by atoms with E-state index in [4.69, 9.17) is 14.2 Å². The molecule has 0 aliphatic rings. The Morgan fingerprint density at radius 1 is 1.08 bits per heavy atom. The molecule has 1 amide bonds. The molecule has 0 bridgehead atoms. The molecule has 0 saturated carbocycles. The summed E-state index contributed by atoms with van der Waals surface area (Å²) in [5, 5.41) is 0. The molecule has 0 unspecified atom stereocenters. The Labute approximate surface area is 154 Å². The summed E-state index contributed by atoms with van der Waals surface area (Å²) in [6, 6.07) is 2.55. The highest BCUT2D eigenvalue weighted by atomic mass is 19.1. The third-order valence-corrected chi connectivity index (χ3v) is 3.58. The maximum absolute atomic E-state index is 14.3. The van der Waals surface area contributed by atoms with E-state index in [1.165, 1.54) is 6.07 Å². The van der Waals surface area contributed by atoms with Crippen LogP contribution in [0.15, 0.2) is 12.1 Å². The second-order valence-electron chi connectivity index (χ2n) is 5.89. The fourth-order valence-corrected chi connectivity index (χ4v) is 2.36. The van der Waals surface area contributed by atoms with Crippen LogP contribution in [0.25, 0.3) is 0 Å². The molecule has 0 aliphatic carbocycles. The molecule has 0 atom stereocenters. The van der Waals surface area contributed by atoms with Gasteiger partial charge in [0.15, 0.2) is 18.1 Å². The summed E-state index contributed by atoms with van der Waals surface area (Å²) < 4.78 is 30.3. The van der Waals surface area contributed by atoms with Gasteiger partial charge in [-0.3, -0.25) is 9.59 Å². The van der Waals surface area contributed by atoms with Gasteiger partial charge in [0.25, 0.3) is 5.91 Å². The Kier molecular flexibility index (Phi) is 8.88. The minimum Gasteiger partial charge on any atom is -0.490 e. The van der Waals surface area contributed by atoms with Gasteiger partial charge in [-0.1, -0.05) is 0 Å². The van der Waals surface area contributed by atoms with Crippen molar-refractivity contribution in [3.8, 4) is 11.5 Å². The van der Waals surface area contributed by atoms with E-state index in [0.717, 1.165) is 6.07 Å². The molecule has 0 radical (unpaired) electrons. The average Bonchev–Trinajstić information content (AvgIpc) is 2.56. The summed E-state index contributed by atoms with van der Waals surface area (Å²) in [6.45, 7) is 10.2. The maximum Gasteiger partial charge on any atom is 0.310 e. The lowest BCUT2D eigenvalue weighted by molar-refractivity contribution is -0.146. The zero-order chi connectivity index (χ0) is 19.7. The number of carbonyl (C=O) groups is 2. The normalized spacial score (nSPS) is 10.6. The zero-order valence-corrected chi connectivity index (χ0v) is 16.1. The Hall–Kier alpha value is -2.31. The van der Waals surface area contributed by atoms with Crippen LogP contribution < -0.4 is 9.47 Å². The van der Waals surface area contributed by atoms with Gasteiger partial charge in [0.05, 0.1) is 19.1 Å². The van der Waals surface area contributed by atoms with Crippen LogP contribution in [0.3, 0.4) is 0 Å². The Bertz CT molecular complexity index is 614. The monoisotopic (exact) mass is 369 g/mol. The smallest absolute Gasteiger partial charge is 0.310 e. The number of rotatable bonds is 10. The summed E-state index contributed by atoms with van der Waals surface area (Å²) in [5.74, 6) is -0.909. The molecule has 146 valence electrons. The number of nitrogens with zero attached hydrogens (tertiary/aromatic N) is 1. The highest BCUT2D eigenvalue weighted by Gasteiger charge is 2.18. The number of amides is 1. The fourth-order valence-electron chi connectivity index (χ4n) is 2.36. The topological polar surface area (TPSA) is 65.1 Å².